The van der Waals surface area contributed by atoms with Gasteiger partial charge in [0.25, 0.3) is 5.56 Å². The lowest BCUT2D eigenvalue weighted by Crippen LogP contribution is -2.30. The maximum Gasteiger partial charge on any atom is 0.326 e. The molecule has 8 nitrogen and oxygen atoms in total. The van der Waals surface area contributed by atoms with Crippen LogP contribution in [0, 0.1) is 0 Å². The molecule has 10 heteroatoms. The summed E-state index contributed by atoms with van der Waals surface area (Å²) in [6, 6.07) is 4.02. The monoisotopic (exact) mass is 372 g/mol. The molecule has 0 bridgehead atoms. The third-order valence-electron chi connectivity index (χ3n) is 3.67. The van der Waals surface area contributed by atoms with Gasteiger partial charge in [0, 0.05) is 13.1 Å². The second-order valence-corrected chi connectivity index (χ2v) is 7.02. The predicted octanol–water partition coefficient (Wildman–Crippen LogP) is -0.164. The molecule has 130 valence electrons. The van der Waals surface area contributed by atoms with Crippen molar-refractivity contribution in [3.63, 3.8) is 0 Å². The molecule has 0 atom stereocenters. The first-order valence-electron chi connectivity index (χ1n) is 7.10. The van der Waals surface area contributed by atoms with Crippen molar-refractivity contribution in [3.8, 4) is 0 Å². The molecule has 0 saturated carbocycles. The fraction of sp³-hybridized carbons (Fsp3) is 0.286. The number of hydrogen-bond acceptors (Lipinski definition) is 5. The van der Waals surface area contributed by atoms with E-state index in [9.17, 15) is 18.0 Å². The fourth-order valence-electron chi connectivity index (χ4n) is 2.41. The summed E-state index contributed by atoms with van der Waals surface area (Å²) in [5, 5.41) is 3.27. The highest BCUT2D eigenvalue weighted by Gasteiger charge is 2.16. The SMILES string of the molecule is Cl.O=c1[nH]c(=O)c2cc(S(=O)(=O)NCC3=CCNCC3)ccc2[nH]1. The number of nitrogens with one attached hydrogen (secondary N) is 4. The molecule has 3 rings (SSSR count). The van der Waals surface area contributed by atoms with E-state index in [0.29, 0.717) is 5.52 Å². The number of aromatic amines is 2. The Morgan fingerprint density at radius 1 is 1.17 bits per heavy atom. The Balaban J connectivity index is 0.00000208. The molecule has 0 spiro atoms. The maximum atomic E-state index is 12.4. The number of hydrogen-bond donors (Lipinski definition) is 4. The molecule has 4 N–H and O–H groups in total. The molecule has 0 radical (unpaired) electrons. The van der Waals surface area contributed by atoms with Gasteiger partial charge in [0.1, 0.15) is 0 Å². The highest BCUT2D eigenvalue weighted by Crippen LogP contribution is 2.14. The molecule has 24 heavy (non-hydrogen) atoms. The summed E-state index contributed by atoms with van der Waals surface area (Å²) < 4.78 is 27.2. The number of benzene rings is 1. The van der Waals surface area contributed by atoms with E-state index in [1.54, 1.807) is 0 Å². The molecular formula is C14H17ClN4O4S. The maximum absolute atomic E-state index is 12.4. The minimum absolute atomic E-state index is 0. The molecule has 0 amide bonds. The molecule has 0 fully saturated rings. The number of sulfonamides is 1. The van der Waals surface area contributed by atoms with Crippen LogP contribution in [0.4, 0.5) is 0 Å². The zero-order valence-electron chi connectivity index (χ0n) is 12.6. The lowest BCUT2D eigenvalue weighted by atomic mass is 10.1. The summed E-state index contributed by atoms with van der Waals surface area (Å²) in [4.78, 5) is 27.5. The van der Waals surface area contributed by atoms with Crippen LogP contribution in [-0.4, -0.2) is 38.0 Å². The average Bonchev–Trinajstić information content (AvgIpc) is 2.53. The molecule has 0 unspecified atom stereocenters. The lowest BCUT2D eigenvalue weighted by Gasteiger charge is -2.14. The van der Waals surface area contributed by atoms with E-state index in [1.165, 1.54) is 18.2 Å². The van der Waals surface area contributed by atoms with Gasteiger partial charge in [-0.15, -0.1) is 12.4 Å². The highest BCUT2D eigenvalue weighted by molar-refractivity contribution is 7.89. The Bertz CT molecular complexity index is 994. The van der Waals surface area contributed by atoms with Gasteiger partial charge in [-0.25, -0.2) is 17.9 Å². The molecule has 2 heterocycles. The van der Waals surface area contributed by atoms with Crippen LogP contribution >= 0.6 is 12.4 Å². The van der Waals surface area contributed by atoms with Gasteiger partial charge in [-0.2, -0.15) is 0 Å². The van der Waals surface area contributed by atoms with Crippen molar-refractivity contribution in [3.05, 3.63) is 50.7 Å². The zero-order valence-corrected chi connectivity index (χ0v) is 14.2. The molecule has 0 saturated heterocycles. The van der Waals surface area contributed by atoms with Crippen molar-refractivity contribution in [1.29, 1.82) is 0 Å². The van der Waals surface area contributed by atoms with Gasteiger partial charge in [0.15, 0.2) is 0 Å². The zero-order chi connectivity index (χ0) is 16.4. The third-order valence-corrected chi connectivity index (χ3v) is 5.07. The first-order chi connectivity index (χ1) is 11.0. The van der Waals surface area contributed by atoms with Gasteiger partial charge < -0.3 is 10.3 Å². The van der Waals surface area contributed by atoms with Crippen LogP contribution < -0.4 is 21.3 Å². The Labute approximate surface area is 143 Å². The molecule has 1 aromatic heterocycles. The molecular weight excluding hydrogens is 356 g/mol. The summed E-state index contributed by atoms with van der Waals surface area (Å²) in [5.41, 5.74) is 0.0602. The minimum Gasteiger partial charge on any atom is -0.313 e. The van der Waals surface area contributed by atoms with Gasteiger partial charge in [-0.05, 0) is 31.2 Å². The van der Waals surface area contributed by atoms with Crippen molar-refractivity contribution in [2.24, 2.45) is 0 Å². The summed E-state index contributed by atoms with van der Waals surface area (Å²) in [7, 11) is -3.73. The van der Waals surface area contributed by atoms with Crippen LogP contribution in [-0.2, 0) is 10.0 Å². The summed E-state index contributed by atoms with van der Waals surface area (Å²) in [5.74, 6) is 0. The van der Waals surface area contributed by atoms with Gasteiger partial charge >= 0.3 is 5.69 Å². The van der Waals surface area contributed by atoms with Gasteiger partial charge in [-0.3, -0.25) is 9.78 Å². The summed E-state index contributed by atoms with van der Waals surface area (Å²) >= 11 is 0. The topological polar surface area (TPSA) is 124 Å². The number of H-pyrrole nitrogens is 2. The number of rotatable bonds is 4. The van der Waals surface area contributed by atoms with E-state index in [4.69, 9.17) is 0 Å². The van der Waals surface area contributed by atoms with Crippen molar-refractivity contribution in [1.82, 2.24) is 20.0 Å². The standard InChI is InChI=1S/C14H16N4O4S.ClH/c19-13-11-7-10(1-2-12(11)17-14(20)18-13)23(21,22)16-8-9-3-5-15-6-4-9;/h1-3,7,15-16H,4-6,8H2,(H2,17,18,19,20);1H. The largest absolute Gasteiger partial charge is 0.326 e. The minimum atomic E-state index is -3.73. The van der Waals surface area contributed by atoms with Crippen LogP contribution in [0.3, 0.4) is 0 Å². The average molecular weight is 373 g/mol. The second-order valence-electron chi connectivity index (χ2n) is 5.26. The van der Waals surface area contributed by atoms with E-state index in [1.807, 2.05) is 6.08 Å². The van der Waals surface area contributed by atoms with Crippen molar-refractivity contribution in [2.45, 2.75) is 11.3 Å². The van der Waals surface area contributed by atoms with Gasteiger partial charge in [-0.1, -0.05) is 11.6 Å². The predicted molar refractivity (Wildman–Crippen MR) is 93.2 cm³/mol. The van der Waals surface area contributed by atoms with Crippen LogP contribution in [0.25, 0.3) is 10.9 Å². The Morgan fingerprint density at radius 2 is 1.96 bits per heavy atom. The van der Waals surface area contributed by atoms with Crippen LogP contribution in [0.5, 0.6) is 0 Å². The smallest absolute Gasteiger partial charge is 0.313 e. The molecule has 1 aliphatic rings. The normalized spacial score (nSPS) is 14.9. The molecule has 2 aromatic rings. The van der Waals surface area contributed by atoms with Crippen LogP contribution in [0.2, 0.25) is 0 Å². The van der Waals surface area contributed by atoms with Gasteiger partial charge in [0.05, 0.1) is 15.8 Å². The van der Waals surface area contributed by atoms with Crippen molar-refractivity contribution >= 4 is 33.3 Å². The Morgan fingerprint density at radius 3 is 2.67 bits per heavy atom. The Kier molecular flexibility index (Phi) is 5.60. The molecule has 1 aromatic carbocycles. The second kappa shape index (κ2) is 7.31. The fourth-order valence-corrected chi connectivity index (χ4v) is 3.47. The molecule has 0 aliphatic carbocycles. The van der Waals surface area contributed by atoms with E-state index in [-0.39, 0.29) is 29.2 Å². The summed E-state index contributed by atoms with van der Waals surface area (Å²) in [6.45, 7) is 1.80. The van der Waals surface area contributed by atoms with Crippen LogP contribution in [0.1, 0.15) is 6.42 Å². The Hall–Kier alpha value is -1.94. The summed E-state index contributed by atoms with van der Waals surface area (Å²) in [6.07, 6.45) is 2.75. The van der Waals surface area contributed by atoms with E-state index in [2.05, 4.69) is 20.0 Å². The number of aromatic nitrogens is 2. The van der Waals surface area contributed by atoms with Crippen molar-refractivity contribution in [2.75, 3.05) is 19.6 Å². The highest BCUT2D eigenvalue weighted by atomic mass is 35.5. The van der Waals surface area contributed by atoms with Gasteiger partial charge in [0.2, 0.25) is 10.0 Å². The van der Waals surface area contributed by atoms with E-state index < -0.39 is 21.3 Å². The number of halogens is 1. The number of fused-ring (bicyclic) bond motifs is 1. The quantitative estimate of drug-likeness (QED) is 0.555. The first kappa shape index (κ1) is 18.4. The molecule has 1 aliphatic heterocycles. The van der Waals surface area contributed by atoms with Crippen LogP contribution in [0.15, 0.2) is 44.3 Å². The van der Waals surface area contributed by atoms with E-state index >= 15 is 0 Å². The first-order valence-corrected chi connectivity index (χ1v) is 8.59. The lowest BCUT2D eigenvalue weighted by molar-refractivity contribution is 0.582. The third kappa shape index (κ3) is 3.93. The van der Waals surface area contributed by atoms with E-state index in [0.717, 1.165) is 25.1 Å². The van der Waals surface area contributed by atoms with Crippen molar-refractivity contribution < 1.29 is 8.42 Å².